The van der Waals surface area contributed by atoms with Gasteiger partial charge in [0.15, 0.2) is 5.82 Å². The maximum atomic E-state index is 12.4. The first-order chi connectivity index (χ1) is 11.2. The highest BCUT2D eigenvalue weighted by molar-refractivity contribution is 5.49. The summed E-state index contributed by atoms with van der Waals surface area (Å²) >= 11 is 0. The molecule has 23 heavy (non-hydrogen) atoms. The Balaban J connectivity index is 2.05. The van der Waals surface area contributed by atoms with E-state index in [-0.39, 0.29) is 11.6 Å². The number of hydrogen-bond acceptors (Lipinski definition) is 5. The molecule has 1 aliphatic heterocycles. The molecule has 0 N–H and O–H groups in total. The van der Waals surface area contributed by atoms with Crippen molar-refractivity contribution in [3.05, 3.63) is 46.5 Å². The van der Waals surface area contributed by atoms with Crippen LogP contribution >= 0.6 is 0 Å². The molecule has 6 nitrogen and oxygen atoms in total. The number of aryl methyl sites for hydroxylation is 1. The minimum Gasteiger partial charge on any atom is -0.497 e. The smallest absolute Gasteiger partial charge is 0.293 e. The third-order valence-corrected chi connectivity index (χ3v) is 4.32. The zero-order valence-corrected chi connectivity index (χ0v) is 13.7. The van der Waals surface area contributed by atoms with Gasteiger partial charge in [-0.05, 0) is 31.0 Å². The molecule has 2 heterocycles. The van der Waals surface area contributed by atoms with E-state index < -0.39 is 0 Å². The number of benzene rings is 1. The Kier molecular flexibility index (Phi) is 4.23. The third-order valence-electron chi connectivity index (χ3n) is 4.32. The second-order valence-electron chi connectivity index (χ2n) is 5.63. The molecule has 2 aromatic rings. The molecule has 1 atom stereocenters. The lowest BCUT2D eigenvalue weighted by atomic mass is 10.0. The lowest BCUT2D eigenvalue weighted by Gasteiger charge is -2.27. The summed E-state index contributed by atoms with van der Waals surface area (Å²) in [6, 6.07) is 5.82. The van der Waals surface area contributed by atoms with Gasteiger partial charge in [0.25, 0.3) is 5.56 Å². The van der Waals surface area contributed by atoms with E-state index in [9.17, 15) is 4.79 Å². The predicted molar refractivity (Wildman–Crippen MR) is 88.3 cm³/mol. The van der Waals surface area contributed by atoms with Gasteiger partial charge < -0.3 is 18.9 Å². The van der Waals surface area contributed by atoms with Gasteiger partial charge in [0.2, 0.25) is 0 Å². The van der Waals surface area contributed by atoms with Crippen LogP contribution in [0.25, 0.3) is 0 Å². The summed E-state index contributed by atoms with van der Waals surface area (Å²) < 4.78 is 12.4. The Morgan fingerprint density at radius 1 is 1.26 bits per heavy atom. The van der Waals surface area contributed by atoms with Gasteiger partial charge in [-0.15, -0.1) is 0 Å². The minimum absolute atomic E-state index is 0.0580. The van der Waals surface area contributed by atoms with Crippen LogP contribution in [0.4, 0.5) is 5.82 Å². The first-order valence-electron chi connectivity index (χ1n) is 7.66. The van der Waals surface area contributed by atoms with Crippen molar-refractivity contribution in [1.29, 1.82) is 0 Å². The number of aromatic nitrogens is 2. The number of ether oxygens (including phenoxy) is 2. The zero-order valence-electron chi connectivity index (χ0n) is 13.7. The maximum Gasteiger partial charge on any atom is 0.293 e. The van der Waals surface area contributed by atoms with Crippen molar-refractivity contribution in [3.8, 4) is 11.5 Å². The van der Waals surface area contributed by atoms with Crippen molar-refractivity contribution in [2.24, 2.45) is 7.05 Å². The molecule has 0 unspecified atom stereocenters. The lowest BCUT2D eigenvalue weighted by molar-refractivity contribution is 0.395. The van der Waals surface area contributed by atoms with Crippen LogP contribution in [0.2, 0.25) is 0 Å². The predicted octanol–water partition coefficient (Wildman–Crippen LogP) is 2.14. The molecule has 6 heteroatoms. The summed E-state index contributed by atoms with van der Waals surface area (Å²) in [5.74, 6) is 2.07. The van der Waals surface area contributed by atoms with Gasteiger partial charge in [-0.2, -0.15) is 0 Å². The van der Waals surface area contributed by atoms with Gasteiger partial charge in [0.1, 0.15) is 11.5 Å². The molecule has 3 rings (SSSR count). The van der Waals surface area contributed by atoms with E-state index in [1.165, 1.54) is 0 Å². The fourth-order valence-corrected chi connectivity index (χ4v) is 3.12. The van der Waals surface area contributed by atoms with Crippen molar-refractivity contribution in [2.75, 3.05) is 25.7 Å². The second kappa shape index (κ2) is 6.32. The maximum absolute atomic E-state index is 12.4. The summed E-state index contributed by atoms with van der Waals surface area (Å²) in [6.07, 6.45) is 5.28. The Morgan fingerprint density at radius 3 is 2.83 bits per heavy atom. The van der Waals surface area contributed by atoms with E-state index in [0.717, 1.165) is 36.4 Å². The Hall–Kier alpha value is -2.50. The van der Waals surface area contributed by atoms with Crippen molar-refractivity contribution in [3.63, 3.8) is 0 Å². The van der Waals surface area contributed by atoms with Crippen LogP contribution in [-0.4, -0.2) is 30.3 Å². The molecule has 1 fully saturated rings. The first-order valence-corrected chi connectivity index (χ1v) is 7.66. The normalized spacial score (nSPS) is 17.3. The van der Waals surface area contributed by atoms with Gasteiger partial charge in [-0.3, -0.25) is 4.79 Å². The van der Waals surface area contributed by atoms with Gasteiger partial charge in [0.05, 0.1) is 20.3 Å². The van der Waals surface area contributed by atoms with E-state index in [0.29, 0.717) is 5.82 Å². The minimum atomic E-state index is -0.0822. The van der Waals surface area contributed by atoms with E-state index in [2.05, 4.69) is 9.88 Å². The monoisotopic (exact) mass is 315 g/mol. The average Bonchev–Trinajstić information content (AvgIpc) is 3.06. The largest absolute Gasteiger partial charge is 0.497 e. The summed E-state index contributed by atoms with van der Waals surface area (Å²) in [5, 5.41) is 0. The zero-order chi connectivity index (χ0) is 16.4. The van der Waals surface area contributed by atoms with E-state index in [1.807, 2.05) is 18.2 Å². The molecule has 1 aromatic heterocycles. The standard InChI is InChI=1S/C17H21N3O3/c1-19-10-8-18-16(17(19)21)20-9-4-5-14(20)13-11-12(22-2)6-7-15(13)23-3/h6-8,10-11,14H,4-5,9H2,1-3H3/t14-/m1/s1. The summed E-state index contributed by atoms with van der Waals surface area (Å²) in [5.41, 5.74) is 0.943. The Morgan fingerprint density at radius 2 is 2.09 bits per heavy atom. The van der Waals surface area contributed by atoms with Gasteiger partial charge in [-0.1, -0.05) is 0 Å². The fraction of sp³-hybridized carbons (Fsp3) is 0.412. The summed E-state index contributed by atoms with van der Waals surface area (Å²) in [6.45, 7) is 0.803. The molecule has 1 aromatic carbocycles. The van der Waals surface area contributed by atoms with E-state index >= 15 is 0 Å². The quantitative estimate of drug-likeness (QED) is 0.865. The molecule has 0 radical (unpaired) electrons. The molecule has 0 spiro atoms. The number of hydrogen-bond donors (Lipinski definition) is 0. The molecular weight excluding hydrogens is 294 g/mol. The Bertz CT molecular complexity index is 757. The van der Waals surface area contributed by atoms with Crippen LogP contribution in [0.1, 0.15) is 24.4 Å². The second-order valence-corrected chi connectivity index (χ2v) is 5.63. The highest BCUT2D eigenvalue weighted by atomic mass is 16.5. The van der Waals surface area contributed by atoms with Crippen molar-refractivity contribution >= 4 is 5.82 Å². The van der Waals surface area contributed by atoms with Crippen LogP contribution in [0.3, 0.4) is 0 Å². The summed E-state index contributed by atoms with van der Waals surface area (Å²) in [4.78, 5) is 18.8. The highest BCUT2D eigenvalue weighted by Crippen LogP contribution is 2.39. The number of nitrogens with zero attached hydrogens (tertiary/aromatic N) is 3. The van der Waals surface area contributed by atoms with E-state index in [4.69, 9.17) is 9.47 Å². The van der Waals surface area contributed by atoms with Crippen LogP contribution < -0.4 is 19.9 Å². The van der Waals surface area contributed by atoms with Crippen LogP contribution in [0, 0.1) is 0 Å². The fourth-order valence-electron chi connectivity index (χ4n) is 3.12. The van der Waals surface area contributed by atoms with Crippen molar-refractivity contribution in [1.82, 2.24) is 9.55 Å². The van der Waals surface area contributed by atoms with Gasteiger partial charge >= 0.3 is 0 Å². The molecule has 0 bridgehead atoms. The molecular formula is C17H21N3O3. The van der Waals surface area contributed by atoms with Gasteiger partial charge in [-0.25, -0.2) is 4.98 Å². The lowest BCUT2D eigenvalue weighted by Crippen LogP contribution is -2.32. The van der Waals surface area contributed by atoms with Crippen LogP contribution in [0.5, 0.6) is 11.5 Å². The van der Waals surface area contributed by atoms with Crippen molar-refractivity contribution in [2.45, 2.75) is 18.9 Å². The first kappa shape index (κ1) is 15.4. The van der Waals surface area contributed by atoms with Crippen LogP contribution in [-0.2, 0) is 7.05 Å². The molecule has 1 saturated heterocycles. The third kappa shape index (κ3) is 2.76. The number of anilines is 1. The molecule has 1 aliphatic rings. The molecule has 0 aliphatic carbocycles. The SMILES string of the molecule is COc1ccc(OC)c([C@H]2CCCN2c2nccn(C)c2=O)c1. The average molecular weight is 315 g/mol. The highest BCUT2D eigenvalue weighted by Gasteiger charge is 2.31. The van der Waals surface area contributed by atoms with Crippen molar-refractivity contribution < 1.29 is 9.47 Å². The molecule has 0 amide bonds. The molecule has 122 valence electrons. The summed E-state index contributed by atoms with van der Waals surface area (Å²) in [7, 11) is 5.04. The van der Waals surface area contributed by atoms with E-state index in [1.54, 1.807) is 38.2 Å². The van der Waals surface area contributed by atoms with Crippen LogP contribution in [0.15, 0.2) is 35.4 Å². The topological polar surface area (TPSA) is 56.6 Å². The number of methoxy groups -OCH3 is 2. The van der Waals surface area contributed by atoms with Gasteiger partial charge in [0, 0.05) is 31.5 Å². The molecule has 0 saturated carbocycles. The Labute approximate surface area is 135 Å². The number of rotatable bonds is 4.